The molecule has 4 aromatic rings. The lowest BCUT2D eigenvalue weighted by Gasteiger charge is -2.33. The fraction of sp³-hybridized carbons (Fsp3) is 0.222. The molecule has 0 radical (unpaired) electrons. The van der Waals surface area contributed by atoms with Crippen LogP contribution in [0.5, 0.6) is 0 Å². The quantitative estimate of drug-likeness (QED) is 0.610. The molecule has 1 aliphatic heterocycles. The van der Waals surface area contributed by atoms with Crippen LogP contribution in [0.1, 0.15) is 28.7 Å². The number of fused-ring (bicyclic) bond motifs is 2. The van der Waals surface area contributed by atoms with Gasteiger partial charge in [-0.15, -0.1) is 0 Å². The molecule has 0 fully saturated rings. The van der Waals surface area contributed by atoms with Crippen LogP contribution < -0.4 is 4.90 Å². The molecule has 1 aliphatic rings. The number of pyridine rings is 1. The Kier molecular flexibility index (Phi) is 3.06. The molecule has 0 aromatic carbocycles. The molecule has 1 N–H and O–H groups in total. The number of imidazole rings is 1. The standard InChI is InChI=1S/C18H17N7/c1-12-4-2-8-25-15(12)10-14(23-25)17-16-13(21-11-22-16)5-9-24(17)18-19-6-3-7-20-18/h2-4,6-8,10-11,17H,5,9H2,1H3,(H,21,22). The number of hydrogen-bond donors (Lipinski definition) is 1. The van der Waals surface area contributed by atoms with Crippen LogP contribution in [0.4, 0.5) is 5.95 Å². The van der Waals surface area contributed by atoms with Gasteiger partial charge in [0.2, 0.25) is 5.95 Å². The van der Waals surface area contributed by atoms with Crippen LogP contribution >= 0.6 is 0 Å². The van der Waals surface area contributed by atoms with Gasteiger partial charge in [-0.3, -0.25) is 0 Å². The van der Waals surface area contributed by atoms with E-state index in [1.807, 2.05) is 22.8 Å². The average Bonchev–Trinajstić information content (AvgIpc) is 3.29. The first-order chi connectivity index (χ1) is 12.3. The lowest BCUT2D eigenvalue weighted by atomic mass is 10.00. The van der Waals surface area contributed by atoms with Gasteiger partial charge >= 0.3 is 0 Å². The average molecular weight is 331 g/mol. The molecule has 0 saturated heterocycles. The number of nitrogens with zero attached hydrogens (tertiary/aromatic N) is 6. The van der Waals surface area contributed by atoms with Crippen molar-refractivity contribution in [2.75, 3.05) is 11.4 Å². The Hall–Kier alpha value is -3.22. The zero-order valence-corrected chi connectivity index (χ0v) is 13.8. The number of H-pyrrole nitrogens is 1. The summed E-state index contributed by atoms with van der Waals surface area (Å²) in [5.41, 5.74) is 5.41. The van der Waals surface area contributed by atoms with E-state index in [1.54, 1.807) is 18.7 Å². The van der Waals surface area contributed by atoms with E-state index in [0.717, 1.165) is 35.6 Å². The minimum atomic E-state index is -0.100. The maximum Gasteiger partial charge on any atom is 0.226 e. The second-order valence-corrected chi connectivity index (χ2v) is 6.25. The Morgan fingerprint density at radius 1 is 1.16 bits per heavy atom. The van der Waals surface area contributed by atoms with Crippen LogP contribution in [-0.4, -0.2) is 36.1 Å². The minimum absolute atomic E-state index is 0.100. The first kappa shape index (κ1) is 14.2. The van der Waals surface area contributed by atoms with Crippen LogP contribution in [0.15, 0.2) is 49.2 Å². The zero-order valence-electron chi connectivity index (χ0n) is 13.8. The van der Waals surface area contributed by atoms with Gasteiger partial charge in [-0.05, 0) is 30.7 Å². The number of aromatic amines is 1. The number of aryl methyl sites for hydroxylation is 1. The second kappa shape index (κ2) is 5.41. The van der Waals surface area contributed by atoms with Gasteiger partial charge in [-0.2, -0.15) is 5.10 Å². The number of anilines is 1. The van der Waals surface area contributed by atoms with Crippen molar-refractivity contribution in [3.63, 3.8) is 0 Å². The van der Waals surface area contributed by atoms with Crippen molar-refractivity contribution in [1.82, 2.24) is 29.5 Å². The predicted octanol–water partition coefficient (Wildman–Crippen LogP) is 2.31. The van der Waals surface area contributed by atoms with Crippen LogP contribution in [-0.2, 0) is 6.42 Å². The molecule has 0 spiro atoms. The number of aromatic nitrogens is 6. The third kappa shape index (κ3) is 2.20. The lowest BCUT2D eigenvalue weighted by molar-refractivity contribution is 0.602. The van der Waals surface area contributed by atoms with E-state index in [2.05, 4.69) is 43.9 Å². The molecule has 0 amide bonds. The van der Waals surface area contributed by atoms with Crippen LogP contribution in [0.3, 0.4) is 0 Å². The van der Waals surface area contributed by atoms with Crippen molar-refractivity contribution in [1.29, 1.82) is 0 Å². The van der Waals surface area contributed by atoms with Crippen molar-refractivity contribution in [2.45, 2.75) is 19.4 Å². The molecule has 1 atom stereocenters. The molecular formula is C18H17N7. The second-order valence-electron chi connectivity index (χ2n) is 6.25. The molecule has 25 heavy (non-hydrogen) atoms. The van der Waals surface area contributed by atoms with Crippen molar-refractivity contribution in [3.05, 3.63) is 71.8 Å². The Morgan fingerprint density at radius 3 is 2.88 bits per heavy atom. The Bertz CT molecular complexity index is 1030. The van der Waals surface area contributed by atoms with Gasteiger partial charge < -0.3 is 9.88 Å². The summed E-state index contributed by atoms with van der Waals surface area (Å²) in [4.78, 5) is 18.9. The van der Waals surface area contributed by atoms with Crippen molar-refractivity contribution < 1.29 is 0 Å². The summed E-state index contributed by atoms with van der Waals surface area (Å²) in [6.45, 7) is 2.91. The smallest absolute Gasteiger partial charge is 0.226 e. The first-order valence-corrected chi connectivity index (χ1v) is 8.32. The summed E-state index contributed by atoms with van der Waals surface area (Å²) < 4.78 is 1.93. The summed E-state index contributed by atoms with van der Waals surface area (Å²) in [6.07, 6.45) is 8.16. The fourth-order valence-electron chi connectivity index (χ4n) is 3.54. The van der Waals surface area contributed by atoms with Crippen molar-refractivity contribution in [2.24, 2.45) is 0 Å². The number of nitrogens with one attached hydrogen (secondary N) is 1. The monoisotopic (exact) mass is 331 g/mol. The van der Waals surface area contributed by atoms with Gasteiger partial charge in [0, 0.05) is 37.3 Å². The van der Waals surface area contributed by atoms with E-state index in [4.69, 9.17) is 5.10 Å². The largest absolute Gasteiger partial charge is 0.348 e. The van der Waals surface area contributed by atoms with Crippen LogP contribution in [0, 0.1) is 6.92 Å². The van der Waals surface area contributed by atoms with E-state index < -0.39 is 0 Å². The van der Waals surface area contributed by atoms with Crippen molar-refractivity contribution in [3.8, 4) is 0 Å². The molecule has 7 nitrogen and oxygen atoms in total. The first-order valence-electron chi connectivity index (χ1n) is 8.32. The van der Waals surface area contributed by atoms with Gasteiger partial charge in [0.25, 0.3) is 0 Å². The van der Waals surface area contributed by atoms with Gasteiger partial charge in [0.15, 0.2) is 0 Å². The van der Waals surface area contributed by atoms with Crippen molar-refractivity contribution >= 4 is 11.5 Å². The van der Waals surface area contributed by atoms with Crippen LogP contribution in [0.25, 0.3) is 5.52 Å². The van der Waals surface area contributed by atoms with Gasteiger partial charge in [0.05, 0.1) is 23.2 Å². The zero-order chi connectivity index (χ0) is 16.8. The normalized spacial score (nSPS) is 17.0. The Balaban J connectivity index is 1.70. The Labute approximate surface area is 144 Å². The summed E-state index contributed by atoms with van der Waals surface area (Å²) >= 11 is 0. The minimum Gasteiger partial charge on any atom is -0.348 e. The summed E-state index contributed by atoms with van der Waals surface area (Å²) in [5.74, 6) is 0.704. The Morgan fingerprint density at radius 2 is 2.04 bits per heavy atom. The highest BCUT2D eigenvalue weighted by molar-refractivity contribution is 5.57. The molecule has 7 heteroatoms. The number of hydrogen-bond acceptors (Lipinski definition) is 5. The molecule has 0 saturated carbocycles. The third-order valence-electron chi connectivity index (χ3n) is 4.75. The maximum absolute atomic E-state index is 4.82. The molecule has 0 aliphatic carbocycles. The highest BCUT2D eigenvalue weighted by Crippen LogP contribution is 2.35. The molecule has 0 bridgehead atoms. The summed E-state index contributed by atoms with van der Waals surface area (Å²) in [5, 5.41) is 4.82. The molecule has 5 heterocycles. The topological polar surface area (TPSA) is 75.0 Å². The molecule has 5 rings (SSSR count). The van der Waals surface area contributed by atoms with E-state index >= 15 is 0 Å². The van der Waals surface area contributed by atoms with E-state index in [-0.39, 0.29) is 6.04 Å². The number of rotatable bonds is 2. The molecule has 4 aromatic heterocycles. The summed E-state index contributed by atoms with van der Waals surface area (Å²) in [6, 6.07) is 7.98. The van der Waals surface area contributed by atoms with Gasteiger partial charge in [-0.1, -0.05) is 6.07 Å². The van der Waals surface area contributed by atoms with E-state index in [1.165, 1.54) is 5.56 Å². The molecular weight excluding hydrogens is 314 g/mol. The highest BCUT2D eigenvalue weighted by atomic mass is 15.3. The molecule has 1 unspecified atom stereocenters. The van der Waals surface area contributed by atoms with Gasteiger partial charge in [0.1, 0.15) is 6.04 Å². The van der Waals surface area contributed by atoms with E-state index in [9.17, 15) is 0 Å². The third-order valence-corrected chi connectivity index (χ3v) is 4.75. The molecule has 124 valence electrons. The van der Waals surface area contributed by atoms with Crippen LogP contribution in [0.2, 0.25) is 0 Å². The van der Waals surface area contributed by atoms with E-state index in [0.29, 0.717) is 5.95 Å². The fourth-order valence-corrected chi connectivity index (χ4v) is 3.54. The highest BCUT2D eigenvalue weighted by Gasteiger charge is 2.34. The predicted molar refractivity (Wildman–Crippen MR) is 93.4 cm³/mol. The maximum atomic E-state index is 4.82. The lowest BCUT2D eigenvalue weighted by Crippen LogP contribution is -2.37. The SMILES string of the molecule is Cc1cccn2nc(C3c4nc[nH]c4CCN3c3ncccn3)cc12. The summed E-state index contributed by atoms with van der Waals surface area (Å²) in [7, 11) is 0. The van der Waals surface area contributed by atoms with Gasteiger partial charge in [-0.25, -0.2) is 19.5 Å².